The normalized spacial score (nSPS) is 22.0. The van der Waals surface area contributed by atoms with E-state index in [4.69, 9.17) is 10.5 Å². The number of anilines is 1. The van der Waals surface area contributed by atoms with E-state index in [9.17, 15) is 4.79 Å². The van der Waals surface area contributed by atoms with Crippen LogP contribution in [0.4, 0.5) is 5.69 Å². The quantitative estimate of drug-likeness (QED) is 0.597. The summed E-state index contributed by atoms with van der Waals surface area (Å²) in [5.41, 5.74) is 7.00. The van der Waals surface area contributed by atoms with Gasteiger partial charge in [0.15, 0.2) is 0 Å². The molecule has 0 bridgehead atoms. The van der Waals surface area contributed by atoms with E-state index in [0.29, 0.717) is 17.2 Å². The number of likely N-dealkylation sites (tertiary alicyclic amines) is 1. The molecule has 0 aliphatic carbocycles. The molecule has 1 amide bonds. The summed E-state index contributed by atoms with van der Waals surface area (Å²) in [6.07, 6.45) is 2.06. The van der Waals surface area contributed by atoms with Gasteiger partial charge in [-0.05, 0) is 43.9 Å². The lowest BCUT2D eigenvalue weighted by atomic mass is 9.93. The minimum absolute atomic E-state index is 0.0288. The van der Waals surface area contributed by atoms with Gasteiger partial charge in [0, 0.05) is 50.1 Å². The van der Waals surface area contributed by atoms with Gasteiger partial charge in [-0.1, -0.05) is 13.0 Å². The van der Waals surface area contributed by atoms with E-state index in [0.717, 1.165) is 45.7 Å². The van der Waals surface area contributed by atoms with Gasteiger partial charge in [-0.25, -0.2) is 0 Å². The van der Waals surface area contributed by atoms with Crippen molar-refractivity contribution in [1.29, 1.82) is 0 Å². The van der Waals surface area contributed by atoms with Crippen LogP contribution in [0.2, 0.25) is 0 Å². The topological polar surface area (TPSA) is 67.6 Å². The molecule has 0 saturated carbocycles. The number of hydrogen-bond acceptors (Lipinski definition) is 4. The van der Waals surface area contributed by atoms with E-state index in [1.165, 1.54) is 0 Å². The van der Waals surface area contributed by atoms with Crippen LogP contribution in [0.25, 0.3) is 0 Å². The number of rotatable bonds is 7. The predicted molar refractivity (Wildman–Crippen MR) is 93.4 cm³/mol. The van der Waals surface area contributed by atoms with E-state index in [1.54, 1.807) is 18.2 Å². The lowest BCUT2D eigenvalue weighted by molar-refractivity contribution is 0.0843. The van der Waals surface area contributed by atoms with Gasteiger partial charge >= 0.3 is 0 Å². The average Bonchev–Trinajstić information content (AvgIpc) is 2.54. The summed E-state index contributed by atoms with van der Waals surface area (Å²) in [6.45, 7) is 8.97. The van der Waals surface area contributed by atoms with Gasteiger partial charge in [0.25, 0.3) is 5.91 Å². The summed E-state index contributed by atoms with van der Waals surface area (Å²) in [6, 6.07) is 7.36. The Bertz CT molecular complexity index is 507. The second kappa shape index (κ2) is 8.89. The van der Waals surface area contributed by atoms with Crippen molar-refractivity contribution in [3.63, 3.8) is 0 Å². The van der Waals surface area contributed by atoms with Crippen LogP contribution in [0.3, 0.4) is 0 Å². The molecule has 1 aliphatic heterocycles. The van der Waals surface area contributed by atoms with Crippen molar-refractivity contribution in [2.45, 2.75) is 32.7 Å². The SMILES string of the molecule is CCOCCCN1CCC(NC(=O)c2cccc(N)c2)C(C)C1. The number of hydrogen-bond donors (Lipinski definition) is 2. The van der Waals surface area contributed by atoms with Gasteiger partial charge in [-0.3, -0.25) is 4.79 Å². The maximum absolute atomic E-state index is 12.3. The number of benzene rings is 1. The molecular weight excluding hydrogens is 290 g/mol. The van der Waals surface area contributed by atoms with E-state index in [-0.39, 0.29) is 11.9 Å². The monoisotopic (exact) mass is 319 g/mol. The number of nitrogen functional groups attached to an aromatic ring is 1. The fourth-order valence-electron chi connectivity index (χ4n) is 3.12. The number of piperidine rings is 1. The molecule has 1 aromatic carbocycles. The Morgan fingerprint density at radius 2 is 2.30 bits per heavy atom. The molecule has 128 valence electrons. The lowest BCUT2D eigenvalue weighted by Gasteiger charge is -2.37. The fraction of sp³-hybridized carbons (Fsp3) is 0.611. The molecule has 5 heteroatoms. The van der Waals surface area contributed by atoms with Crippen LogP contribution in [0.5, 0.6) is 0 Å². The summed E-state index contributed by atoms with van der Waals surface area (Å²) < 4.78 is 5.39. The number of nitrogens with one attached hydrogen (secondary N) is 1. The van der Waals surface area contributed by atoms with E-state index >= 15 is 0 Å². The number of amides is 1. The highest BCUT2D eigenvalue weighted by Gasteiger charge is 2.27. The lowest BCUT2D eigenvalue weighted by Crippen LogP contribution is -2.50. The third-order valence-corrected chi connectivity index (χ3v) is 4.42. The third-order valence-electron chi connectivity index (χ3n) is 4.42. The first kappa shape index (κ1) is 17.8. The highest BCUT2D eigenvalue weighted by Crippen LogP contribution is 2.18. The Labute approximate surface area is 139 Å². The van der Waals surface area contributed by atoms with Crippen LogP contribution in [0.1, 0.15) is 37.0 Å². The highest BCUT2D eigenvalue weighted by atomic mass is 16.5. The predicted octanol–water partition coefficient (Wildman–Crippen LogP) is 2.14. The first-order valence-electron chi connectivity index (χ1n) is 8.56. The zero-order chi connectivity index (χ0) is 16.7. The molecule has 1 aromatic rings. The van der Waals surface area contributed by atoms with E-state index in [1.807, 2.05) is 13.0 Å². The Morgan fingerprint density at radius 3 is 3.00 bits per heavy atom. The zero-order valence-corrected chi connectivity index (χ0v) is 14.3. The summed E-state index contributed by atoms with van der Waals surface area (Å²) >= 11 is 0. The first-order chi connectivity index (χ1) is 11.1. The van der Waals surface area contributed by atoms with Crippen LogP contribution in [-0.2, 0) is 4.74 Å². The molecule has 3 N–H and O–H groups in total. The summed E-state index contributed by atoms with van der Waals surface area (Å²) in [5, 5.41) is 3.16. The van der Waals surface area contributed by atoms with Crippen LogP contribution in [0.15, 0.2) is 24.3 Å². The zero-order valence-electron chi connectivity index (χ0n) is 14.3. The maximum Gasteiger partial charge on any atom is 0.251 e. The number of carbonyl (C=O) groups excluding carboxylic acids is 1. The number of nitrogens with zero attached hydrogens (tertiary/aromatic N) is 1. The van der Waals surface area contributed by atoms with Gasteiger partial charge in [-0.15, -0.1) is 0 Å². The highest BCUT2D eigenvalue weighted by molar-refractivity contribution is 5.95. The van der Waals surface area contributed by atoms with Gasteiger partial charge < -0.3 is 20.7 Å². The first-order valence-corrected chi connectivity index (χ1v) is 8.56. The fourth-order valence-corrected chi connectivity index (χ4v) is 3.12. The molecule has 1 saturated heterocycles. The Kier molecular flexibility index (Phi) is 6.86. The Morgan fingerprint density at radius 1 is 1.48 bits per heavy atom. The molecule has 0 radical (unpaired) electrons. The molecule has 2 atom stereocenters. The molecule has 5 nitrogen and oxygen atoms in total. The molecule has 0 spiro atoms. The van der Waals surface area contributed by atoms with E-state index in [2.05, 4.69) is 17.1 Å². The van der Waals surface area contributed by atoms with Crippen molar-refractivity contribution >= 4 is 11.6 Å². The molecule has 1 heterocycles. The van der Waals surface area contributed by atoms with Crippen molar-refractivity contribution in [1.82, 2.24) is 10.2 Å². The standard InChI is InChI=1S/C18H29N3O2/c1-3-23-11-5-9-21-10-8-17(14(2)13-21)20-18(22)15-6-4-7-16(19)12-15/h4,6-7,12,14,17H,3,5,8-11,13,19H2,1-2H3,(H,20,22). The van der Waals surface area contributed by atoms with Gasteiger partial charge in [0.1, 0.15) is 0 Å². The maximum atomic E-state index is 12.3. The molecule has 1 fully saturated rings. The van der Waals surface area contributed by atoms with Gasteiger partial charge in [0.2, 0.25) is 0 Å². The minimum atomic E-state index is -0.0288. The van der Waals surface area contributed by atoms with Crippen molar-refractivity contribution in [2.24, 2.45) is 5.92 Å². The molecule has 23 heavy (non-hydrogen) atoms. The van der Waals surface area contributed by atoms with Crippen LogP contribution in [0, 0.1) is 5.92 Å². The largest absolute Gasteiger partial charge is 0.399 e. The second-order valence-corrected chi connectivity index (χ2v) is 6.32. The molecule has 1 aliphatic rings. The second-order valence-electron chi connectivity index (χ2n) is 6.32. The molecule has 0 aromatic heterocycles. The number of ether oxygens (including phenoxy) is 1. The summed E-state index contributed by atoms with van der Waals surface area (Å²) in [7, 11) is 0. The third kappa shape index (κ3) is 5.52. The van der Waals surface area contributed by atoms with Gasteiger partial charge in [0.05, 0.1) is 0 Å². The van der Waals surface area contributed by atoms with Gasteiger partial charge in [-0.2, -0.15) is 0 Å². The summed E-state index contributed by atoms with van der Waals surface area (Å²) in [5.74, 6) is 0.416. The van der Waals surface area contributed by atoms with Crippen LogP contribution in [-0.4, -0.2) is 49.7 Å². The number of carbonyl (C=O) groups is 1. The smallest absolute Gasteiger partial charge is 0.251 e. The van der Waals surface area contributed by atoms with Crippen LogP contribution < -0.4 is 11.1 Å². The minimum Gasteiger partial charge on any atom is -0.399 e. The molecule has 2 unspecified atom stereocenters. The summed E-state index contributed by atoms with van der Waals surface area (Å²) in [4.78, 5) is 14.8. The van der Waals surface area contributed by atoms with E-state index < -0.39 is 0 Å². The molecule has 2 rings (SSSR count). The van der Waals surface area contributed by atoms with Crippen molar-refractivity contribution in [3.05, 3.63) is 29.8 Å². The van der Waals surface area contributed by atoms with Crippen molar-refractivity contribution < 1.29 is 9.53 Å². The Balaban J connectivity index is 1.78. The van der Waals surface area contributed by atoms with Crippen molar-refractivity contribution in [2.75, 3.05) is 38.6 Å². The van der Waals surface area contributed by atoms with Crippen molar-refractivity contribution in [3.8, 4) is 0 Å². The Hall–Kier alpha value is -1.59. The number of nitrogens with two attached hydrogens (primary N) is 1. The molecular formula is C18H29N3O2. The average molecular weight is 319 g/mol. The van der Waals surface area contributed by atoms with Crippen LogP contribution >= 0.6 is 0 Å².